The van der Waals surface area contributed by atoms with Crippen LogP contribution in [0.25, 0.3) is 0 Å². The Bertz CT molecular complexity index is 346. The van der Waals surface area contributed by atoms with E-state index in [9.17, 15) is 4.39 Å². The van der Waals surface area contributed by atoms with Gasteiger partial charge in [-0.2, -0.15) is 5.26 Å². The van der Waals surface area contributed by atoms with Crippen molar-refractivity contribution in [2.24, 2.45) is 0 Å². The summed E-state index contributed by atoms with van der Waals surface area (Å²) in [6, 6.07) is 4.50. The van der Waals surface area contributed by atoms with Crippen molar-refractivity contribution in [3.63, 3.8) is 0 Å². The van der Waals surface area contributed by atoms with E-state index in [-0.39, 0.29) is 10.9 Å². The van der Waals surface area contributed by atoms with Gasteiger partial charge in [-0.1, -0.05) is 6.07 Å². The van der Waals surface area contributed by atoms with Crippen LogP contribution < -0.4 is 0 Å². The summed E-state index contributed by atoms with van der Waals surface area (Å²) < 4.78 is 12.9. The van der Waals surface area contributed by atoms with Gasteiger partial charge in [0.2, 0.25) is 0 Å². The first-order chi connectivity index (χ1) is 5.66. The molecule has 0 amide bonds. The van der Waals surface area contributed by atoms with Crippen molar-refractivity contribution in [1.82, 2.24) is 0 Å². The molecule has 62 valence electrons. The van der Waals surface area contributed by atoms with E-state index in [1.54, 1.807) is 0 Å². The third-order valence-electron chi connectivity index (χ3n) is 1.42. The van der Waals surface area contributed by atoms with Crippen LogP contribution in [-0.4, -0.2) is 5.11 Å². The van der Waals surface area contributed by atoms with Crippen molar-refractivity contribution < 1.29 is 9.50 Å². The lowest BCUT2D eigenvalue weighted by molar-refractivity contribution is 0.428. The molecule has 0 saturated carbocycles. The van der Waals surface area contributed by atoms with Crippen LogP contribution in [0.2, 0.25) is 0 Å². The minimum atomic E-state index is -0.691. The molecule has 0 aromatic heterocycles. The van der Waals surface area contributed by atoms with Crippen LogP contribution in [0.15, 0.2) is 16.6 Å². The van der Waals surface area contributed by atoms with Crippen molar-refractivity contribution in [3.8, 4) is 11.8 Å². The molecule has 4 heteroatoms. The predicted molar refractivity (Wildman–Crippen MR) is 45.1 cm³/mol. The minimum absolute atomic E-state index is 0.147. The molecule has 0 unspecified atom stereocenters. The lowest BCUT2D eigenvalue weighted by Crippen LogP contribution is -1.86. The minimum Gasteiger partial charge on any atom is -0.504 e. The Morgan fingerprint density at radius 3 is 2.83 bits per heavy atom. The summed E-state index contributed by atoms with van der Waals surface area (Å²) in [6.07, 6.45) is 0.147. The van der Waals surface area contributed by atoms with Gasteiger partial charge in [0.25, 0.3) is 0 Å². The van der Waals surface area contributed by atoms with E-state index in [2.05, 4.69) is 15.9 Å². The summed E-state index contributed by atoms with van der Waals surface area (Å²) in [7, 11) is 0. The van der Waals surface area contributed by atoms with Gasteiger partial charge in [0.15, 0.2) is 11.6 Å². The molecule has 0 aliphatic heterocycles. The van der Waals surface area contributed by atoms with Crippen LogP contribution in [0, 0.1) is 17.1 Å². The maximum Gasteiger partial charge on any atom is 0.166 e. The van der Waals surface area contributed by atoms with E-state index in [0.29, 0.717) is 5.56 Å². The number of phenols is 1. The summed E-state index contributed by atoms with van der Waals surface area (Å²) in [5, 5.41) is 17.4. The zero-order valence-electron chi connectivity index (χ0n) is 6.01. The third kappa shape index (κ3) is 1.56. The molecule has 0 bridgehead atoms. The highest BCUT2D eigenvalue weighted by Crippen LogP contribution is 2.30. The number of nitriles is 1. The van der Waals surface area contributed by atoms with E-state index in [0.717, 1.165) is 6.07 Å². The average Bonchev–Trinajstić information content (AvgIpc) is 2.07. The first-order valence-electron chi connectivity index (χ1n) is 3.19. The maximum absolute atomic E-state index is 12.6. The van der Waals surface area contributed by atoms with Gasteiger partial charge in [-0.3, -0.25) is 0 Å². The largest absolute Gasteiger partial charge is 0.504 e. The van der Waals surface area contributed by atoms with Gasteiger partial charge >= 0.3 is 0 Å². The number of halogens is 2. The quantitative estimate of drug-likeness (QED) is 0.804. The van der Waals surface area contributed by atoms with Crippen LogP contribution in [0.5, 0.6) is 5.75 Å². The van der Waals surface area contributed by atoms with Gasteiger partial charge in [0.05, 0.1) is 17.0 Å². The molecule has 0 aliphatic rings. The maximum atomic E-state index is 12.6. The molecule has 1 N–H and O–H groups in total. The van der Waals surface area contributed by atoms with Crippen LogP contribution >= 0.6 is 15.9 Å². The first kappa shape index (κ1) is 9.01. The van der Waals surface area contributed by atoms with E-state index >= 15 is 0 Å². The Morgan fingerprint density at radius 1 is 1.58 bits per heavy atom. The number of rotatable bonds is 1. The van der Waals surface area contributed by atoms with Crippen molar-refractivity contribution in [2.45, 2.75) is 6.42 Å². The molecular weight excluding hydrogens is 225 g/mol. The normalized spacial score (nSPS) is 9.42. The van der Waals surface area contributed by atoms with Crippen LogP contribution in [0.1, 0.15) is 5.56 Å². The van der Waals surface area contributed by atoms with Gasteiger partial charge in [0.1, 0.15) is 0 Å². The lowest BCUT2D eigenvalue weighted by Gasteiger charge is -2.02. The third-order valence-corrected chi connectivity index (χ3v) is 2.30. The lowest BCUT2D eigenvalue weighted by atomic mass is 10.1. The van der Waals surface area contributed by atoms with Crippen LogP contribution in [0.3, 0.4) is 0 Å². The van der Waals surface area contributed by atoms with Gasteiger partial charge < -0.3 is 5.11 Å². The Morgan fingerprint density at radius 2 is 2.25 bits per heavy atom. The zero-order chi connectivity index (χ0) is 9.14. The number of hydrogen-bond donors (Lipinski definition) is 1. The summed E-state index contributed by atoms with van der Waals surface area (Å²) in [4.78, 5) is 0. The Balaban J connectivity index is 3.19. The second-order valence-corrected chi connectivity index (χ2v) is 3.00. The number of benzene rings is 1. The molecule has 0 spiro atoms. The van der Waals surface area contributed by atoms with E-state index < -0.39 is 11.6 Å². The molecule has 0 saturated heterocycles. The van der Waals surface area contributed by atoms with Crippen molar-refractivity contribution >= 4 is 15.9 Å². The van der Waals surface area contributed by atoms with Gasteiger partial charge in [-0.25, -0.2) is 4.39 Å². The Hall–Kier alpha value is -1.08. The number of aromatic hydroxyl groups is 1. The number of nitrogens with zero attached hydrogens (tertiary/aromatic N) is 1. The van der Waals surface area contributed by atoms with E-state index in [1.807, 2.05) is 6.07 Å². The zero-order valence-corrected chi connectivity index (χ0v) is 7.60. The van der Waals surface area contributed by atoms with Crippen molar-refractivity contribution in [2.75, 3.05) is 0 Å². The summed E-state index contributed by atoms with van der Waals surface area (Å²) in [6.45, 7) is 0. The van der Waals surface area contributed by atoms with Gasteiger partial charge in [0, 0.05) is 0 Å². The fraction of sp³-hybridized carbons (Fsp3) is 0.125. The fourth-order valence-electron chi connectivity index (χ4n) is 0.804. The molecule has 0 atom stereocenters. The number of hydrogen-bond acceptors (Lipinski definition) is 2. The smallest absolute Gasteiger partial charge is 0.166 e. The monoisotopic (exact) mass is 229 g/mol. The number of phenolic OH excluding ortho intramolecular Hbond substituents is 1. The second-order valence-electron chi connectivity index (χ2n) is 2.20. The molecule has 0 heterocycles. The predicted octanol–water partition coefficient (Wildman–Crippen LogP) is 2.36. The summed E-state index contributed by atoms with van der Waals surface area (Å²) >= 11 is 2.99. The van der Waals surface area contributed by atoms with Crippen LogP contribution in [0.4, 0.5) is 4.39 Å². The second kappa shape index (κ2) is 3.55. The Labute approximate surface area is 77.4 Å². The van der Waals surface area contributed by atoms with Gasteiger partial charge in [-0.15, -0.1) is 0 Å². The molecule has 1 aromatic rings. The standard InChI is InChI=1S/C8H5BrFNO/c9-7-5(3-4-11)1-2-6(10)8(7)12/h1-2,12H,3H2. The average molecular weight is 230 g/mol. The fourth-order valence-corrected chi connectivity index (χ4v) is 1.27. The first-order valence-corrected chi connectivity index (χ1v) is 3.99. The molecule has 0 aliphatic carbocycles. The molecule has 1 aromatic carbocycles. The van der Waals surface area contributed by atoms with Crippen LogP contribution in [-0.2, 0) is 6.42 Å². The van der Waals surface area contributed by atoms with E-state index in [4.69, 9.17) is 10.4 Å². The van der Waals surface area contributed by atoms with Gasteiger partial charge in [-0.05, 0) is 27.6 Å². The molecule has 0 fully saturated rings. The SMILES string of the molecule is N#CCc1ccc(F)c(O)c1Br. The molecule has 1 rings (SSSR count). The summed E-state index contributed by atoms with van der Waals surface area (Å²) in [5.41, 5.74) is 0.580. The van der Waals surface area contributed by atoms with E-state index in [1.165, 1.54) is 6.07 Å². The van der Waals surface area contributed by atoms with Crippen molar-refractivity contribution in [3.05, 3.63) is 28.0 Å². The Kier molecular flexibility index (Phi) is 2.66. The molecule has 2 nitrogen and oxygen atoms in total. The molecule has 0 radical (unpaired) electrons. The van der Waals surface area contributed by atoms with Crippen molar-refractivity contribution in [1.29, 1.82) is 5.26 Å². The summed E-state index contributed by atoms with van der Waals surface area (Å²) in [5.74, 6) is -1.13. The molecule has 12 heavy (non-hydrogen) atoms. The highest BCUT2D eigenvalue weighted by Gasteiger charge is 2.08. The highest BCUT2D eigenvalue weighted by atomic mass is 79.9. The molecular formula is C8H5BrFNO. The highest BCUT2D eigenvalue weighted by molar-refractivity contribution is 9.10. The topological polar surface area (TPSA) is 44.0 Å².